The molecule has 0 bridgehead atoms. The zero-order valence-electron chi connectivity index (χ0n) is 14.5. The van der Waals surface area contributed by atoms with Crippen molar-refractivity contribution in [2.75, 3.05) is 13.1 Å². The van der Waals surface area contributed by atoms with Gasteiger partial charge in [-0.1, -0.05) is 36.4 Å². The maximum atomic E-state index is 12.6. The van der Waals surface area contributed by atoms with Gasteiger partial charge in [0.1, 0.15) is 0 Å². The molecule has 0 fully saturated rings. The number of rotatable bonds is 8. The van der Waals surface area contributed by atoms with Crippen LogP contribution in [0.5, 0.6) is 0 Å². The third-order valence-electron chi connectivity index (χ3n) is 3.70. The second-order valence-corrected chi connectivity index (χ2v) is 7.39. The molecular formula is C18H24ClN3O3S. The zero-order chi connectivity index (χ0) is 18.3. The van der Waals surface area contributed by atoms with E-state index in [4.69, 9.17) is 5.73 Å². The first-order chi connectivity index (χ1) is 11.9. The highest BCUT2D eigenvalue weighted by Gasteiger charge is 2.19. The molecule has 1 atom stereocenters. The van der Waals surface area contributed by atoms with Gasteiger partial charge < -0.3 is 11.1 Å². The van der Waals surface area contributed by atoms with Crippen LogP contribution >= 0.6 is 12.4 Å². The highest BCUT2D eigenvalue weighted by atomic mass is 35.5. The predicted molar refractivity (Wildman–Crippen MR) is 105 cm³/mol. The average Bonchev–Trinajstić information content (AvgIpc) is 2.62. The van der Waals surface area contributed by atoms with Gasteiger partial charge in [-0.3, -0.25) is 4.79 Å². The quantitative estimate of drug-likeness (QED) is 0.594. The third-order valence-corrected chi connectivity index (χ3v) is 5.24. The average molecular weight is 398 g/mol. The van der Waals surface area contributed by atoms with Gasteiger partial charge in [-0.05, 0) is 43.7 Å². The highest BCUT2D eigenvalue weighted by molar-refractivity contribution is 7.89. The fourth-order valence-electron chi connectivity index (χ4n) is 2.32. The number of nitrogens with one attached hydrogen (secondary N) is 2. The number of amides is 1. The third kappa shape index (κ3) is 6.10. The van der Waals surface area contributed by atoms with Crippen molar-refractivity contribution >= 4 is 28.3 Å². The minimum absolute atomic E-state index is 0. The van der Waals surface area contributed by atoms with Crippen molar-refractivity contribution in [3.63, 3.8) is 0 Å². The lowest BCUT2D eigenvalue weighted by Crippen LogP contribution is -2.28. The van der Waals surface area contributed by atoms with Crippen LogP contribution in [0.15, 0.2) is 59.5 Å². The molecule has 0 heterocycles. The lowest BCUT2D eigenvalue weighted by Gasteiger charge is -2.15. The van der Waals surface area contributed by atoms with Crippen molar-refractivity contribution in [3.8, 4) is 0 Å². The monoisotopic (exact) mass is 397 g/mol. The van der Waals surface area contributed by atoms with E-state index in [2.05, 4.69) is 10.0 Å². The van der Waals surface area contributed by atoms with Crippen LogP contribution in [-0.4, -0.2) is 27.4 Å². The summed E-state index contributed by atoms with van der Waals surface area (Å²) in [5.41, 5.74) is 6.55. The molecule has 0 aliphatic rings. The van der Waals surface area contributed by atoms with Gasteiger partial charge >= 0.3 is 0 Å². The van der Waals surface area contributed by atoms with Crippen molar-refractivity contribution in [1.82, 2.24) is 10.0 Å². The standard InChI is InChI=1S/C18H23N3O3S.ClH/c1-14(15-7-3-2-4-8-15)21-25(23,24)17-10-5-9-16(13-17)18(22)20-12-6-11-19;/h2-5,7-10,13-14,21H,6,11-12,19H2,1H3,(H,20,22);1H. The second kappa shape index (κ2) is 10.3. The summed E-state index contributed by atoms with van der Waals surface area (Å²) in [6, 6.07) is 14.9. The summed E-state index contributed by atoms with van der Waals surface area (Å²) in [4.78, 5) is 12.1. The minimum Gasteiger partial charge on any atom is -0.352 e. The molecule has 0 saturated heterocycles. The smallest absolute Gasteiger partial charge is 0.251 e. The van der Waals surface area contributed by atoms with Gasteiger partial charge in [0.05, 0.1) is 4.90 Å². The molecule has 2 aromatic carbocycles. The van der Waals surface area contributed by atoms with E-state index in [1.807, 2.05) is 30.3 Å². The molecule has 1 unspecified atom stereocenters. The Morgan fingerprint density at radius 2 is 1.81 bits per heavy atom. The summed E-state index contributed by atoms with van der Waals surface area (Å²) in [7, 11) is -3.74. The molecule has 0 radical (unpaired) electrons. The fraction of sp³-hybridized carbons (Fsp3) is 0.278. The Morgan fingerprint density at radius 3 is 2.46 bits per heavy atom. The number of sulfonamides is 1. The zero-order valence-corrected chi connectivity index (χ0v) is 16.1. The van der Waals surface area contributed by atoms with Gasteiger partial charge in [0.25, 0.3) is 5.91 Å². The molecule has 1 amide bonds. The molecule has 0 aliphatic carbocycles. The van der Waals surface area contributed by atoms with Gasteiger partial charge in [-0.2, -0.15) is 0 Å². The molecular weight excluding hydrogens is 374 g/mol. The molecule has 2 aromatic rings. The number of carbonyl (C=O) groups is 1. The largest absolute Gasteiger partial charge is 0.352 e. The maximum Gasteiger partial charge on any atom is 0.251 e. The summed E-state index contributed by atoms with van der Waals surface area (Å²) >= 11 is 0. The van der Waals surface area contributed by atoms with Crippen molar-refractivity contribution in [3.05, 3.63) is 65.7 Å². The fourth-order valence-corrected chi connectivity index (χ4v) is 3.60. The number of carbonyl (C=O) groups excluding carboxylic acids is 1. The maximum absolute atomic E-state index is 12.6. The Kier molecular flexibility index (Phi) is 8.74. The SMILES string of the molecule is CC(NS(=O)(=O)c1cccc(C(=O)NCCCN)c1)c1ccccc1.Cl. The molecule has 0 spiro atoms. The molecule has 8 heteroatoms. The second-order valence-electron chi connectivity index (χ2n) is 5.68. The van der Waals surface area contributed by atoms with Crippen molar-refractivity contribution < 1.29 is 13.2 Å². The van der Waals surface area contributed by atoms with Gasteiger partial charge in [-0.25, -0.2) is 13.1 Å². The molecule has 6 nitrogen and oxygen atoms in total. The predicted octanol–water partition coefficient (Wildman–Crippen LogP) is 2.23. The van der Waals surface area contributed by atoms with Crippen LogP contribution in [0.3, 0.4) is 0 Å². The number of halogens is 1. The summed E-state index contributed by atoms with van der Waals surface area (Å²) < 4.78 is 27.8. The van der Waals surface area contributed by atoms with E-state index in [0.717, 1.165) is 5.56 Å². The summed E-state index contributed by atoms with van der Waals surface area (Å²) in [5.74, 6) is -0.318. The number of hydrogen-bond acceptors (Lipinski definition) is 4. The lowest BCUT2D eigenvalue weighted by atomic mass is 10.1. The highest BCUT2D eigenvalue weighted by Crippen LogP contribution is 2.17. The lowest BCUT2D eigenvalue weighted by molar-refractivity contribution is 0.0953. The Morgan fingerprint density at radius 1 is 1.12 bits per heavy atom. The molecule has 0 aromatic heterocycles. The first-order valence-corrected chi connectivity index (χ1v) is 9.58. The molecule has 0 saturated carbocycles. The van der Waals surface area contributed by atoms with E-state index < -0.39 is 10.0 Å². The first-order valence-electron chi connectivity index (χ1n) is 8.09. The molecule has 0 aliphatic heterocycles. The number of benzene rings is 2. The van der Waals surface area contributed by atoms with Crippen LogP contribution < -0.4 is 15.8 Å². The van der Waals surface area contributed by atoms with Crippen molar-refractivity contribution in [1.29, 1.82) is 0 Å². The van der Waals surface area contributed by atoms with Crippen LogP contribution in [0.25, 0.3) is 0 Å². The van der Waals surface area contributed by atoms with E-state index in [9.17, 15) is 13.2 Å². The molecule has 142 valence electrons. The Hall–Kier alpha value is -1.93. The van der Waals surface area contributed by atoms with E-state index in [1.165, 1.54) is 12.1 Å². The van der Waals surface area contributed by atoms with Gasteiger partial charge in [0, 0.05) is 18.2 Å². The summed E-state index contributed by atoms with van der Waals surface area (Å²) in [5, 5.41) is 2.71. The number of hydrogen-bond donors (Lipinski definition) is 3. The Balaban J connectivity index is 0.00000338. The van der Waals surface area contributed by atoms with Crippen molar-refractivity contribution in [2.45, 2.75) is 24.3 Å². The number of nitrogens with two attached hydrogens (primary N) is 1. The van der Waals surface area contributed by atoms with Crippen LogP contribution in [0, 0.1) is 0 Å². The summed E-state index contributed by atoms with van der Waals surface area (Å²) in [6.45, 7) is 2.71. The molecule has 4 N–H and O–H groups in total. The van der Waals surface area contributed by atoms with Crippen LogP contribution in [0.2, 0.25) is 0 Å². The normalized spacial score (nSPS) is 12.1. The minimum atomic E-state index is -3.74. The topological polar surface area (TPSA) is 101 Å². The van der Waals surface area contributed by atoms with Crippen LogP contribution in [0.4, 0.5) is 0 Å². The van der Waals surface area contributed by atoms with E-state index >= 15 is 0 Å². The van der Waals surface area contributed by atoms with Gasteiger partial charge in [-0.15, -0.1) is 12.4 Å². The van der Waals surface area contributed by atoms with Gasteiger partial charge in [0.2, 0.25) is 10.0 Å². The van der Waals surface area contributed by atoms with E-state index in [0.29, 0.717) is 25.1 Å². The van der Waals surface area contributed by atoms with Gasteiger partial charge in [0.15, 0.2) is 0 Å². The summed E-state index contributed by atoms with van der Waals surface area (Å²) in [6.07, 6.45) is 0.667. The first kappa shape index (κ1) is 22.1. The molecule has 2 rings (SSSR count). The van der Waals surface area contributed by atoms with Crippen molar-refractivity contribution in [2.24, 2.45) is 5.73 Å². The van der Waals surface area contributed by atoms with Crippen LogP contribution in [-0.2, 0) is 10.0 Å². The van der Waals surface area contributed by atoms with E-state index in [1.54, 1.807) is 19.1 Å². The van der Waals surface area contributed by atoms with E-state index in [-0.39, 0.29) is 29.3 Å². The molecule has 26 heavy (non-hydrogen) atoms. The Bertz CT molecular complexity index is 813. The Labute approximate surface area is 160 Å². The van der Waals surface area contributed by atoms with Crippen LogP contribution in [0.1, 0.15) is 35.3 Å².